The van der Waals surface area contributed by atoms with Crippen LogP contribution in [0.4, 0.5) is 0 Å². The number of hydrogen-bond acceptors (Lipinski definition) is 4. The molecule has 0 aromatic rings. The Balaban J connectivity index is 0.00000200. The van der Waals surface area contributed by atoms with E-state index in [0.717, 1.165) is 32.5 Å². The summed E-state index contributed by atoms with van der Waals surface area (Å²) in [5, 5.41) is 3.12. The fourth-order valence-corrected chi connectivity index (χ4v) is 3.07. The highest BCUT2D eigenvalue weighted by molar-refractivity contribution is 5.85. The maximum Gasteiger partial charge on any atom is 0.236 e. The predicted molar refractivity (Wildman–Crippen MR) is 89.7 cm³/mol. The standard InChI is InChI=1S/C14H27N3O2.2ClH/c1-19-11-6-15-12-14(18)17-9-4-13(5-10-17)16-7-2-3-8-16;;/h13,15H,2-12H2,1H3;2*1H. The largest absolute Gasteiger partial charge is 0.383 e. The number of carbonyl (C=O) groups is 1. The summed E-state index contributed by atoms with van der Waals surface area (Å²) < 4.78 is 4.95. The van der Waals surface area contributed by atoms with Crippen LogP contribution >= 0.6 is 24.8 Å². The van der Waals surface area contributed by atoms with E-state index < -0.39 is 0 Å². The monoisotopic (exact) mass is 341 g/mol. The van der Waals surface area contributed by atoms with Gasteiger partial charge in [0.05, 0.1) is 13.2 Å². The number of halogens is 2. The zero-order chi connectivity index (χ0) is 13.5. The Morgan fingerprint density at radius 1 is 1.14 bits per heavy atom. The molecule has 7 heteroatoms. The molecule has 5 nitrogen and oxygen atoms in total. The van der Waals surface area contributed by atoms with Crippen LogP contribution in [0.5, 0.6) is 0 Å². The molecule has 0 aromatic carbocycles. The minimum absolute atomic E-state index is 0. The second-order valence-electron chi connectivity index (χ2n) is 5.52. The smallest absolute Gasteiger partial charge is 0.236 e. The van der Waals surface area contributed by atoms with Gasteiger partial charge in [-0.15, -0.1) is 24.8 Å². The third kappa shape index (κ3) is 6.70. The van der Waals surface area contributed by atoms with Crippen molar-refractivity contribution in [1.82, 2.24) is 15.1 Å². The second kappa shape index (κ2) is 11.5. The van der Waals surface area contributed by atoms with Gasteiger partial charge in [-0.3, -0.25) is 4.79 Å². The van der Waals surface area contributed by atoms with Gasteiger partial charge < -0.3 is 19.9 Å². The lowest BCUT2D eigenvalue weighted by Crippen LogP contribution is -2.48. The number of rotatable bonds is 6. The number of piperidine rings is 1. The van der Waals surface area contributed by atoms with Crippen molar-refractivity contribution < 1.29 is 9.53 Å². The van der Waals surface area contributed by atoms with E-state index in [0.29, 0.717) is 19.2 Å². The molecule has 21 heavy (non-hydrogen) atoms. The number of methoxy groups -OCH3 is 1. The van der Waals surface area contributed by atoms with E-state index in [1.807, 2.05) is 4.90 Å². The molecule has 0 unspecified atom stereocenters. The van der Waals surface area contributed by atoms with Crippen LogP contribution in [0.2, 0.25) is 0 Å². The average Bonchev–Trinajstić information content (AvgIpc) is 2.98. The molecule has 126 valence electrons. The summed E-state index contributed by atoms with van der Waals surface area (Å²) in [5.41, 5.74) is 0. The van der Waals surface area contributed by atoms with Crippen molar-refractivity contribution in [2.75, 3.05) is 53.0 Å². The number of carbonyl (C=O) groups excluding carboxylic acids is 1. The zero-order valence-electron chi connectivity index (χ0n) is 12.9. The van der Waals surface area contributed by atoms with Gasteiger partial charge in [-0.05, 0) is 38.8 Å². The molecule has 2 aliphatic rings. The van der Waals surface area contributed by atoms with E-state index >= 15 is 0 Å². The molecule has 0 radical (unpaired) electrons. The number of hydrogen-bond donors (Lipinski definition) is 1. The lowest BCUT2D eigenvalue weighted by molar-refractivity contribution is -0.131. The van der Waals surface area contributed by atoms with E-state index in [2.05, 4.69) is 10.2 Å². The summed E-state index contributed by atoms with van der Waals surface area (Å²) in [6, 6.07) is 0.716. The first kappa shape index (κ1) is 20.9. The van der Waals surface area contributed by atoms with Gasteiger partial charge in [0.1, 0.15) is 0 Å². The summed E-state index contributed by atoms with van der Waals surface area (Å²) in [4.78, 5) is 16.6. The van der Waals surface area contributed by atoms with Crippen LogP contribution in [0, 0.1) is 0 Å². The van der Waals surface area contributed by atoms with Crippen LogP contribution in [0.25, 0.3) is 0 Å². The SMILES string of the molecule is COCCNCC(=O)N1CCC(N2CCCC2)CC1.Cl.Cl. The van der Waals surface area contributed by atoms with E-state index in [4.69, 9.17) is 4.74 Å². The first-order chi connectivity index (χ1) is 9.31. The first-order valence-corrected chi connectivity index (χ1v) is 7.52. The fraction of sp³-hybridized carbons (Fsp3) is 0.929. The highest BCUT2D eigenvalue weighted by Crippen LogP contribution is 2.20. The summed E-state index contributed by atoms with van der Waals surface area (Å²) in [6.07, 6.45) is 4.98. The molecule has 2 rings (SSSR count). The van der Waals surface area contributed by atoms with Crippen molar-refractivity contribution in [1.29, 1.82) is 0 Å². The molecule has 2 saturated heterocycles. The summed E-state index contributed by atoms with van der Waals surface area (Å²) in [5.74, 6) is 0.232. The van der Waals surface area contributed by atoms with Crippen molar-refractivity contribution >= 4 is 30.7 Å². The molecule has 0 aliphatic carbocycles. The molecule has 0 atom stereocenters. The van der Waals surface area contributed by atoms with Crippen LogP contribution < -0.4 is 5.32 Å². The maximum atomic E-state index is 12.0. The Bertz CT molecular complexity index is 281. The van der Waals surface area contributed by atoms with Gasteiger partial charge in [-0.1, -0.05) is 0 Å². The highest BCUT2D eigenvalue weighted by Gasteiger charge is 2.27. The summed E-state index contributed by atoms with van der Waals surface area (Å²) in [7, 11) is 1.67. The topological polar surface area (TPSA) is 44.8 Å². The highest BCUT2D eigenvalue weighted by atomic mass is 35.5. The molecule has 1 N–H and O–H groups in total. The Morgan fingerprint density at radius 2 is 1.76 bits per heavy atom. The number of nitrogens with zero attached hydrogens (tertiary/aromatic N) is 2. The van der Waals surface area contributed by atoms with Gasteiger partial charge in [0, 0.05) is 32.8 Å². The molecule has 0 saturated carbocycles. The van der Waals surface area contributed by atoms with Crippen molar-refractivity contribution in [3.8, 4) is 0 Å². The van der Waals surface area contributed by atoms with Crippen LogP contribution in [-0.4, -0.2) is 74.7 Å². The van der Waals surface area contributed by atoms with Crippen LogP contribution in [0.3, 0.4) is 0 Å². The van der Waals surface area contributed by atoms with Crippen molar-refractivity contribution in [3.05, 3.63) is 0 Å². The molecule has 0 aromatic heterocycles. The molecule has 0 spiro atoms. The predicted octanol–water partition coefficient (Wildman–Crippen LogP) is 1.15. The third-order valence-electron chi connectivity index (χ3n) is 4.23. The fourth-order valence-electron chi connectivity index (χ4n) is 3.07. The molecular weight excluding hydrogens is 313 g/mol. The van der Waals surface area contributed by atoms with Crippen molar-refractivity contribution in [3.63, 3.8) is 0 Å². The lowest BCUT2D eigenvalue weighted by atomic mass is 10.0. The van der Waals surface area contributed by atoms with Gasteiger partial charge in [0.25, 0.3) is 0 Å². The third-order valence-corrected chi connectivity index (χ3v) is 4.23. The van der Waals surface area contributed by atoms with E-state index in [-0.39, 0.29) is 30.7 Å². The van der Waals surface area contributed by atoms with E-state index in [9.17, 15) is 4.79 Å². The molecular formula is C14H29Cl2N3O2. The minimum Gasteiger partial charge on any atom is -0.383 e. The molecule has 2 fully saturated rings. The quantitative estimate of drug-likeness (QED) is 0.736. The van der Waals surface area contributed by atoms with Gasteiger partial charge >= 0.3 is 0 Å². The minimum atomic E-state index is 0. The van der Waals surface area contributed by atoms with Crippen molar-refractivity contribution in [2.24, 2.45) is 0 Å². The number of ether oxygens (including phenoxy) is 1. The Labute approximate surface area is 140 Å². The van der Waals surface area contributed by atoms with Gasteiger partial charge in [0.2, 0.25) is 5.91 Å². The van der Waals surface area contributed by atoms with Gasteiger partial charge in [-0.2, -0.15) is 0 Å². The molecule has 1 amide bonds. The zero-order valence-corrected chi connectivity index (χ0v) is 14.5. The second-order valence-corrected chi connectivity index (χ2v) is 5.52. The number of likely N-dealkylation sites (tertiary alicyclic amines) is 2. The van der Waals surface area contributed by atoms with Crippen LogP contribution in [0.15, 0.2) is 0 Å². The summed E-state index contributed by atoms with van der Waals surface area (Å²) in [6.45, 7) is 6.21. The lowest BCUT2D eigenvalue weighted by Gasteiger charge is -2.36. The molecule has 2 aliphatic heterocycles. The van der Waals surface area contributed by atoms with Gasteiger partial charge in [0.15, 0.2) is 0 Å². The Morgan fingerprint density at radius 3 is 2.33 bits per heavy atom. The summed E-state index contributed by atoms with van der Waals surface area (Å²) >= 11 is 0. The van der Waals surface area contributed by atoms with Crippen LogP contribution in [0.1, 0.15) is 25.7 Å². The van der Waals surface area contributed by atoms with Crippen molar-refractivity contribution in [2.45, 2.75) is 31.7 Å². The van der Waals surface area contributed by atoms with Gasteiger partial charge in [-0.25, -0.2) is 0 Å². The number of nitrogens with one attached hydrogen (secondary N) is 1. The average molecular weight is 342 g/mol. The van der Waals surface area contributed by atoms with E-state index in [1.165, 1.54) is 25.9 Å². The Hall–Kier alpha value is -0.0700. The normalized spacial score (nSPS) is 20.0. The molecule has 0 bridgehead atoms. The Kier molecular flexibility index (Phi) is 11.5. The maximum absolute atomic E-state index is 12.0. The molecule has 2 heterocycles. The number of amides is 1. The van der Waals surface area contributed by atoms with E-state index in [1.54, 1.807) is 7.11 Å². The first-order valence-electron chi connectivity index (χ1n) is 7.52. The van der Waals surface area contributed by atoms with Crippen LogP contribution in [-0.2, 0) is 9.53 Å².